The van der Waals surface area contributed by atoms with Crippen LogP contribution in [0.4, 0.5) is 5.82 Å². The van der Waals surface area contributed by atoms with E-state index in [1.54, 1.807) is 18.2 Å². The summed E-state index contributed by atoms with van der Waals surface area (Å²) in [5, 5.41) is 15.0. The van der Waals surface area contributed by atoms with E-state index in [1.165, 1.54) is 0 Å². The lowest BCUT2D eigenvalue weighted by atomic mass is 9.90. The summed E-state index contributed by atoms with van der Waals surface area (Å²) < 4.78 is 0. The van der Waals surface area contributed by atoms with Crippen molar-refractivity contribution in [2.45, 2.75) is 37.8 Å². The van der Waals surface area contributed by atoms with Crippen LogP contribution in [0.2, 0.25) is 5.02 Å². The van der Waals surface area contributed by atoms with E-state index in [9.17, 15) is 5.11 Å². The molecule has 6 N–H and O–H groups in total. The highest BCUT2D eigenvalue weighted by molar-refractivity contribution is 6.30. The second-order valence-electron chi connectivity index (χ2n) is 7.67. The third-order valence-electron chi connectivity index (χ3n) is 5.36. The molecule has 0 aliphatic heterocycles. The van der Waals surface area contributed by atoms with Gasteiger partial charge in [-0.05, 0) is 54.8 Å². The molecule has 2 aromatic carbocycles. The van der Waals surface area contributed by atoms with E-state index < -0.39 is 0 Å². The van der Waals surface area contributed by atoms with Gasteiger partial charge in [0.1, 0.15) is 11.6 Å². The summed E-state index contributed by atoms with van der Waals surface area (Å²) >= 11 is 5.96. The molecule has 0 radical (unpaired) electrons. The monoisotopic (exact) mass is 508 g/mol. The highest BCUT2D eigenvalue weighted by atomic mass is 35.5. The van der Waals surface area contributed by atoms with Crippen molar-refractivity contribution >= 4 is 71.2 Å². The van der Waals surface area contributed by atoms with Crippen LogP contribution in [0.3, 0.4) is 0 Å². The number of rotatable bonds is 5. The largest absolute Gasteiger partial charge is 0.508 e. The summed E-state index contributed by atoms with van der Waals surface area (Å²) in [7, 11) is 0. The second-order valence-corrected chi connectivity index (χ2v) is 8.11. The Labute approximate surface area is 210 Å². The summed E-state index contributed by atoms with van der Waals surface area (Å²) in [5.41, 5.74) is 13.0. The molecule has 0 amide bonds. The number of phenolic OH excluding ortho intramolecular Hbond substituents is 1. The number of nitrogens with two attached hydrogens (primary N) is 2. The predicted molar refractivity (Wildman–Crippen MR) is 142 cm³/mol. The molecule has 3 aromatic rings. The zero-order valence-corrected chi connectivity index (χ0v) is 20.2. The maximum absolute atomic E-state index is 10.0. The van der Waals surface area contributed by atoms with Crippen molar-refractivity contribution in [2.24, 2.45) is 16.5 Å². The van der Waals surface area contributed by atoms with Crippen LogP contribution in [0.15, 0.2) is 47.5 Å². The number of hydrogen-bond acceptors (Lipinski definition) is 5. The first-order chi connectivity index (χ1) is 15.0. The number of benzene rings is 2. The van der Waals surface area contributed by atoms with E-state index >= 15 is 0 Å². The molecule has 0 bridgehead atoms. The smallest absolute Gasteiger partial charge is 0.186 e. The molecule has 176 valence electrons. The Morgan fingerprint density at radius 2 is 1.76 bits per heavy atom. The highest BCUT2D eigenvalue weighted by Crippen LogP contribution is 2.29. The Kier molecular flexibility index (Phi) is 9.58. The molecule has 2 atom stereocenters. The van der Waals surface area contributed by atoms with Crippen molar-refractivity contribution in [1.82, 2.24) is 9.97 Å². The van der Waals surface area contributed by atoms with Crippen molar-refractivity contribution in [2.75, 3.05) is 5.32 Å². The van der Waals surface area contributed by atoms with Gasteiger partial charge in [-0.3, -0.25) is 0 Å². The van der Waals surface area contributed by atoms with Gasteiger partial charge in [0.15, 0.2) is 11.8 Å². The van der Waals surface area contributed by atoms with Gasteiger partial charge < -0.3 is 21.9 Å². The minimum Gasteiger partial charge on any atom is -0.508 e. The molecule has 1 fully saturated rings. The fourth-order valence-corrected chi connectivity index (χ4v) is 3.99. The molecule has 1 aliphatic rings. The number of hydrogen-bond donors (Lipinski definition) is 4. The van der Waals surface area contributed by atoms with Crippen molar-refractivity contribution in [3.05, 3.63) is 58.9 Å². The molecular weight excluding hydrogens is 483 g/mol. The normalized spacial score (nSPS) is 17.7. The SMILES string of the molecule is Cl.Cl.NC(N)=N[C@@H]1CCCC[C@@H]1Nc1nc(C=Cc2ccc(Cl)cc2)nc2ccc(O)cc12. The van der Waals surface area contributed by atoms with Gasteiger partial charge in [-0.25, -0.2) is 15.0 Å². The molecular formula is C23H27Cl3N6O. The summed E-state index contributed by atoms with van der Waals surface area (Å²) in [4.78, 5) is 13.8. The molecule has 10 heteroatoms. The van der Waals surface area contributed by atoms with Gasteiger partial charge in [-0.2, -0.15) is 0 Å². The third-order valence-corrected chi connectivity index (χ3v) is 5.61. The summed E-state index contributed by atoms with van der Waals surface area (Å²) in [6, 6.07) is 12.6. The summed E-state index contributed by atoms with van der Waals surface area (Å²) in [6.45, 7) is 0. The average molecular weight is 510 g/mol. The maximum Gasteiger partial charge on any atom is 0.186 e. The molecule has 0 spiro atoms. The maximum atomic E-state index is 10.0. The number of halogens is 3. The number of anilines is 1. The average Bonchev–Trinajstić information content (AvgIpc) is 2.75. The minimum atomic E-state index is -0.0193. The molecule has 4 rings (SSSR count). The van der Waals surface area contributed by atoms with E-state index in [1.807, 2.05) is 36.4 Å². The predicted octanol–water partition coefficient (Wildman–Crippen LogP) is 5.00. The van der Waals surface area contributed by atoms with Gasteiger partial charge in [0, 0.05) is 10.4 Å². The van der Waals surface area contributed by atoms with Crippen LogP contribution in [-0.4, -0.2) is 33.1 Å². The summed E-state index contributed by atoms with van der Waals surface area (Å²) in [5.74, 6) is 1.47. The fourth-order valence-electron chi connectivity index (χ4n) is 3.86. The van der Waals surface area contributed by atoms with E-state index in [0.29, 0.717) is 16.7 Å². The molecule has 0 unspecified atom stereocenters. The number of phenols is 1. The van der Waals surface area contributed by atoms with Gasteiger partial charge in [-0.1, -0.05) is 42.7 Å². The number of nitrogens with zero attached hydrogens (tertiary/aromatic N) is 3. The van der Waals surface area contributed by atoms with Crippen LogP contribution in [0.5, 0.6) is 5.75 Å². The number of fused-ring (bicyclic) bond motifs is 1. The minimum absolute atomic E-state index is 0. The van der Waals surface area contributed by atoms with Crippen LogP contribution >= 0.6 is 36.4 Å². The van der Waals surface area contributed by atoms with Gasteiger partial charge in [0.05, 0.1) is 17.6 Å². The highest BCUT2D eigenvalue weighted by Gasteiger charge is 2.26. The second kappa shape index (κ2) is 11.9. The van der Waals surface area contributed by atoms with E-state index in [0.717, 1.165) is 42.1 Å². The lowest BCUT2D eigenvalue weighted by molar-refractivity contribution is 0.405. The molecule has 1 aliphatic carbocycles. The van der Waals surface area contributed by atoms with Crippen LogP contribution in [-0.2, 0) is 0 Å². The number of nitrogens with one attached hydrogen (secondary N) is 1. The van der Waals surface area contributed by atoms with Crippen LogP contribution in [0, 0.1) is 0 Å². The number of guanidine groups is 1. The third kappa shape index (κ3) is 6.87. The Morgan fingerprint density at radius 1 is 1.03 bits per heavy atom. The van der Waals surface area contributed by atoms with Crippen LogP contribution in [0.1, 0.15) is 37.1 Å². The molecule has 1 aromatic heterocycles. The molecule has 0 saturated heterocycles. The Morgan fingerprint density at radius 3 is 2.48 bits per heavy atom. The van der Waals surface area contributed by atoms with Crippen LogP contribution in [0.25, 0.3) is 23.1 Å². The molecule has 1 heterocycles. The van der Waals surface area contributed by atoms with Crippen molar-refractivity contribution in [1.29, 1.82) is 0 Å². The topological polar surface area (TPSA) is 122 Å². The van der Waals surface area contributed by atoms with Crippen molar-refractivity contribution in [3.8, 4) is 5.75 Å². The zero-order valence-electron chi connectivity index (χ0n) is 17.8. The van der Waals surface area contributed by atoms with E-state index in [2.05, 4.69) is 15.3 Å². The lowest BCUT2D eigenvalue weighted by Gasteiger charge is -2.30. The number of aromatic hydroxyl groups is 1. The first kappa shape index (κ1) is 26.5. The fraction of sp³-hybridized carbons (Fsp3) is 0.261. The first-order valence-corrected chi connectivity index (χ1v) is 10.7. The number of aromatic nitrogens is 2. The van der Waals surface area contributed by atoms with Gasteiger partial charge >= 0.3 is 0 Å². The van der Waals surface area contributed by atoms with Crippen molar-refractivity contribution < 1.29 is 5.11 Å². The van der Waals surface area contributed by atoms with E-state index in [4.69, 9.17) is 28.1 Å². The first-order valence-electron chi connectivity index (χ1n) is 10.3. The van der Waals surface area contributed by atoms with Gasteiger partial charge in [0.2, 0.25) is 0 Å². The van der Waals surface area contributed by atoms with Gasteiger partial charge in [-0.15, -0.1) is 24.8 Å². The summed E-state index contributed by atoms with van der Waals surface area (Å²) in [6.07, 6.45) is 7.81. The number of aliphatic imine (C=N–C) groups is 1. The molecule has 33 heavy (non-hydrogen) atoms. The van der Waals surface area contributed by atoms with Crippen molar-refractivity contribution in [3.63, 3.8) is 0 Å². The quantitative estimate of drug-likeness (QED) is 0.283. The molecule has 1 saturated carbocycles. The Bertz CT molecular complexity index is 1130. The van der Waals surface area contributed by atoms with Crippen LogP contribution < -0.4 is 16.8 Å². The zero-order chi connectivity index (χ0) is 21.8. The Hall–Kier alpha value is -2.74. The standard InChI is InChI=1S/C23H25ClN6O.2ClH/c24-15-8-5-14(6-9-15)7-12-21-27-18-11-10-16(31)13-17(18)22(30-21)28-19-3-1-2-4-20(19)29-23(25)26;;/h5-13,19-20,31H,1-4H2,(H4,25,26,29)(H,27,28,30);2*1H/t19-,20+;;/m0../s1. The Balaban J connectivity index is 0.00000193. The lowest BCUT2D eigenvalue weighted by Crippen LogP contribution is -2.38. The van der Waals surface area contributed by atoms with E-state index in [-0.39, 0.29) is 48.6 Å². The molecule has 7 nitrogen and oxygen atoms in total. The van der Waals surface area contributed by atoms with Gasteiger partial charge in [0.25, 0.3) is 0 Å².